The molecule has 0 amide bonds. The van der Waals surface area contributed by atoms with Crippen LogP contribution in [0.3, 0.4) is 0 Å². The van der Waals surface area contributed by atoms with Crippen LogP contribution in [0.4, 0.5) is 17.6 Å². The van der Waals surface area contributed by atoms with Crippen LogP contribution in [0.25, 0.3) is 0 Å². The fraction of sp³-hybridized carbons (Fsp3) is 0.444. The number of halogens is 4. The molecule has 2 aliphatic rings. The summed E-state index contributed by atoms with van der Waals surface area (Å²) in [6.07, 6.45) is 20.0. The number of benzene rings is 2. The summed E-state index contributed by atoms with van der Waals surface area (Å²) in [6, 6.07) is 9.62. The van der Waals surface area contributed by atoms with Gasteiger partial charge in [-0.25, -0.2) is 41.9 Å². The van der Waals surface area contributed by atoms with Gasteiger partial charge in [0.05, 0.1) is 13.2 Å². The molecule has 4 nitrogen and oxygen atoms in total. The summed E-state index contributed by atoms with van der Waals surface area (Å²) in [6.45, 7) is 16.8. The van der Waals surface area contributed by atoms with Crippen LogP contribution >= 0.6 is 0 Å². The number of allylic oxidation sites excluding steroid dienone is 8. The first-order chi connectivity index (χ1) is 21.7. The van der Waals surface area contributed by atoms with Crippen molar-refractivity contribution in [3.63, 3.8) is 0 Å². The Morgan fingerprint density at radius 1 is 0.638 bits per heavy atom. The number of hydrogen-bond donors (Lipinski definition) is 0. The molecule has 11 heteroatoms. The zero-order chi connectivity index (χ0) is 34.6. The van der Waals surface area contributed by atoms with Gasteiger partial charge in [-0.2, -0.15) is 24.3 Å². The molecule has 2 aromatic carbocycles. The van der Waals surface area contributed by atoms with E-state index in [4.69, 9.17) is 9.47 Å². The molecule has 0 spiro atoms. The fourth-order valence-corrected chi connectivity index (χ4v) is 6.80. The van der Waals surface area contributed by atoms with Crippen molar-refractivity contribution in [3.05, 3.63) is 119 Å². The molecule has 2 aromatic rings. The SMILES string of the molecule is COCCN(Cc1ccc(F)[c-]c1F)[Si](C)(C)C.COCCN(Cc1ccc(F)[c-]c1F)[Si](C)(C)C.[C-]1=CC=CC1.[C-]1=CC=CC1.[Ti+4]. The second-order valence-electron chi connectivity index (χ2n) is 12.5. The van der Waals surface area contributed by atoms with Gasteiger partial charge >= 0.3 is 21.7 Å². The van der Waals surface area contributed by atoms with Crippen LogP contribution in [0.5, 0.6) is 0 Å². The van der Waals surface area contributed by atoms with E-state index in [-0.39, 0.29) is 21.7 Å². The molecular formula is C36H50F4N2O2Si2Ti. The van der Waals surface area contributed by atoms with Gasteiger partial charge in [-0.15, -0.1) is 48.2 Å². The second-order valence-corrected chi connectivity index (χ2v) is 22.4. The minimum absolute atomic E-state index is 0. The van der Waals surface area contributed by atoms with Crippen molar-refractivity contribution in [1.82, 2.24) is 9.13 Å². The summed E-state index contributed by atoms with van der Waals surface area (Å²) in [5.41, 5.74) is 0.963. The summed E-state index contributed by atoms with van der Waals surface area (Å²) in [5.74, 6) is -2.52. The molecule has 0 fully saturated rings. The Morgan fingerprint density at radius 2 is 1.00 bits per heavy atom. The summed E-state index contributed by atoms with van der Waals surface area (Å²) in [4.78, 5) is 0. The molecule has 256 valence electrons. The van der Waals surface area contributed by atoms with E-state index in [0.29, 0.717) is 37.4 Å². The van der Waals surface area contributed by atoms with Gasteiger partial charge in [0.15, 0.2) is 0 Å². The molecular weight excluding hydrogens is 672 g/mol. The molecule has 0 aromatic heterocycles. The third-order valence-electron chi connectivity index (χ3n) is 6.81. The van der Waals surface area contributed by atoms with Gasteiger partial charge in [0, 0.05) is 50.6 Å². The van der Waals surface area contributed by atoms with Crippen molar-refractivity contribution in [2.75, 3.05) is 40.5 Å². The normalized spacial score (nSPS) is 13.1. The predicted octanol–water partition coefficient (Wildman–Crippen LogP) is 8.71. The Bertz CT molecular complexity index is 1160. The first-order valence-corrected chi connectivity index (χ1v) is 22.2. The number of methoxy groups -OCH3 is 2. The molecule has 0 heterocycles. The fourth-order valence-electron chi connectivity index (χ4n) is 3.99. The molecule has 0 radical (unpaired) electrons. The van der Waals surface area contributed by atoms with Crippen LogP contribution in [-0.4, -0.2) is 66.1 Å². The van der Waals surface area contributed by atoms with Crippen molar-refractivity contribution < 1.29 is 48.8 Å². The van der Waals surface area contributed by atoms with Crippen molar-refractivity contribution in [3.8, 4) is 0 Å². The number of nitrogens with zero attached hydrogens (tertiary/aromatic N) is 2. The van der Waals surface area contributed by atoms with Gasteiger partial charge in [0.2, 0.25) is 0 Å². The smallest absolute Gasteiger partial charge is 0.383 e. The number of rotatable bonds is 12. The maximum absolute atomic E-state index is 13.6. The van der Waals surface area contributed by atoms with E-state index in [1.165, 1.54) is 24.3 Å². The van der Waals surface area contributed by atoms with E-state index >= 15 is 0 Å². The van der Waals surface area contributed by atoms with Crippen LogP contribution in [-0.2, 0) is 44.3 Å². The van der Waals surface area contributed by atoms with Gasteiger partial charge in [0.1, 0.15) is 16.5 Å². The summed E-state index contributed by atoms with van der Waals surface area (Å²) in [5, 5.41) is 0. The number of hydrogen-bond acceptors (Lipinski definition) is 4. The standard InChI is InChI=1S/2C13H20F2NOSi.2C5H5.Ti/c2*1-17-8-7-16(18(2,3)4)10-11-5-6-12(14)9-13(11)15;2*1-2-4-5-3-1;/h2*5-6H,7-8,10H2,1-4H3;2*1-3H,4H2;/q4*-1;+4. The second kappa shape index (κ2) is 24.3. The van der Waals surface area contributed by atoms with Crippen molar-refractivity contribution >= 4 is 16.5 Å². The molecule has 0 unspecified atom stereocenters. The van der Waals surface area contributed by atoms with E-state index in [9.17, 15) is 17.6 Å². The Labute approximate surface area is 298 Å². The van der Waals surface area contributed by atoms with Crippen LogP contribution in [0.1, 0.15) is 24.0 Å². The first-order valence-electron chi connectivity index (χ1n) is 15.3. The van der Waals surface area contributed by atoms with E-state index in [0.717, 1.165) is 25.9 Å². The largest absolute Gasteiger partial charge is 4.00 e. The molecule has 0 bridgehead atoms. The minimum atomic E-state index is -1.56. The molecule has 0 N–H and O–H groups in total. The summed E-state index contributed by atoms with van der Waals surface area (Å²) >= 11 is 0. The topological polar surface area (TPSA) is 24.9 Å². The quantitative estimate of drug-likeness (QED) is 0.124. The summed E-state index contributed by atoms with van der Waals surface area (Å²) < 4.78 is 67.4. The first kappa shape index (κ1) is 45.1. The molecule has 0 aliphatic heterocycles. The van der Waals surface area contributed by atoms with Gasteiger partial charge in [-0.3, -0.25) is 12.2 Å². The zero-order valence-corrected chi connectivity index (χ0v) is 32.7. The Balaban J connectivity index is 0.000000681. The molecule has 4 rings (SSSR count). The van der Waals surface area contributed by atoms with Gasteiger partial charge in [-0.05, 0) is 13.1 Å². The summed E-state index contributed by atoms with van der Waals surface area (Å²) in [7, 11) is 0.167. The van der Waals surface area contributed by atoms with Crippen molar-refractivity contribution in [1.29, 1.82) is 0 Å². The van der Waals surface area contributed by atoms with Crippen molar-refractivity contribution in [2.24, 2.45) is 0 Å². The maximum Gasteiger partial charge on any atom is 4.00 e. The average molecular weight is 723 g/mol. The Kier molecular flexibility index (Phi) is 23.3. The molecule has 47 heavy (non-hydrogen) atoms. The zero-order valence-electron chi connectivity index (χ0n) is 29.2. The van der Waals surface area contributed by atoms with Crippen LogP contribution in [0, 0.1) is 47.6 Å². The average Bonchev–Trinajstić information content (AvgIpc) is 3.75. The van der Waals surface area contributed by atoms with Gasteiger partial charge < -0.3 is 18.6 Å². The van der Waals surface area contributed by atoms with Crippen LogP contribution in [0.15, 0.2) is 60.7 Å². The Hall–Kier alpha value is -1.89. The molecule has 0 saturated heterocycles. The van der Waals surface area contributed by atoms with Gasteiger partial charge in [0.25, 0.3) is 0 Å². The monoisotopic (exact) mass is 722 g/mol. The van der Waals surface area contributed by atoms with E-state index in [2.05, 4.69) is 84.8 Å². The van der Waals surface area contributed by atoms with E-state index in [1.807, 2.05) is 24.3 Å². The third-order valence-corrected chi connectivity index (χ3v) is 11.4. The third kappa shape index (κ3) is 20.3. The predicted molar refractivity (Wildman–Crippen MR) is 185 cm³/mol. The minimum Gasteiger partial charge on any atom is -0.383 e. The van der Waals surface area contributed by atoms with E-state index < -0.39 is 39.7 Å². The maximum atomic E-state index is 13.6. The van der Waals surface area contributed by atoms with Crippen LogP contribution in [0.2, 0.25) is 39.3 Å². The Morgan fingerprint density at radius 3 is 1.21 bits per heavy atom. The van der Waals surface area contributed by atoms with Crippen molar-refractivity contribution in [2.45, 2.75) is 65.2 Å². The van der Waals surface area contributed by atoms with Gasteiger partial charge in [-0.1, -0.05) is 39.3 Å². The molecule has 0 atom stereocenters. The van der Waals surface area contributed by atoms with Crippen LogP contribution < -0.4 is 0 Å². The molecule has 2 aliphatic carbocycles. The number of ether oxygens (including phenoxy) is 2. The van der Waals surface area contributed by atoms with E-state index in [1.54, 1.807) is 14.2 Å². The molecule has 0 saturated carbocycles.